The van der Waals surface area contributed by atoms with Gasteiger partial charge in [-0.1, -0.05) is 0 Å². The molecule has 4 rings (SSSR count). The van der Waals surface area contributed by atoms with Crippen molar-refractivity contribution < 1.29 is 14.4 Å². The van der Waals surface area contributed by atoms with Crippen LogP contribution in [-0.2, 0) is 0 Å². The number of amides is 3. The Morgan fingerprint density at radius 3 is 2.65 bits per heavy atom. The minimum Gasteiger partial charge on any atom is -0.384 e. The molecule has 130 valence electrons. The number of pyridine rings is 1. The number of carbonyl (C=O) groups is 3. The van der Waals surface area contributed by atoms with Crippen molar-refractivity contribution in [1.29, 1.82) is 0 Å². The second-order valence-electron chi connectivity index (χ2n) is 5.69. The van der Waals surface area contributed by atoms with Gasteiger partial charge in [0, 0.05) is 17.8 Å². The number of aromatic nitrogens is 1. The van der Waals surface area contributed by atoms with E-state index in [1.165, 1.54) is 15.9 Å². The smallest absolute Gasteiger partial charge is 0.262 e. The molecule has 0 saturated heterocycles. The molecule has 4 N–H and O–H groups in total. The van der Waals surface area contributed by atoms with Crippen molar-refractivity contribution in [3.8, 4) is 5.69 Å². The maximum absolute atomic E-state index is 12.5. The molecule has 0 fully saturated rings. The highest BCUT2D eigenvalue weighted by Crippen LogP contribution is 2.29. The molecular formula is C17H12N4O4S. The summed E-state index contributed by atoms with van der Waals surface area (Å²) in [5, 5.41) is 5.45. The van der Waals surface area contributed by atoms with Crippen LogP contribution in [0.1, 0.15) is 30.4 Å². The lowest BCUT2D eigenvalue weighted by Gasteiger charge is -2.11. The van der Waals surface area contributed by atoms with E-state index in [1.54, 1.807) is 31.3 Å². The first kappa shape index (κ1) is 16.0. The Morgan fingerprint density at radius 2 is 1.92 bits per heavy atom. The number of nitrogens with zero attached hydrogens (tertiary/aromatic N) is 1. The lowest BCUT2D eigenvalue weighted by Crippen LogP contribution is -2.24. The Hall–Kier alpha value is -3.46. The van der Waals surface area contributed by atoms with Crippen LogP contribution in [0.15, 0.2) is 35.1 Å². The minimum atomic E-state index is -0.635. The van der Waals surface area contributed by atoms with Gasteiger partial charge in [-0.25, -0.2) is 0 Å². The Morgan fingerprint density at radius 1 is 1.15 bits per heavy atom. The van der Waals surface area contributed by atoms with Crippen LogP contribution in [0.2, 0.25) is 0 Å². The zero-order valence-corrected chi connectivity index (χ0v) is 14.3. The third-order valence-electron chi connectivity index (χ3n) is 4.16. The lowest BCUT2D eigenvalue weighted by molar-refractivity contribution is 0.0878. The summed E-state index contributed by atoms with van der Waals surface area (Å²) in [4.78, 5) is 48.5. The second-order valence-corrected chi connectivity index (χ2v) is 6.77. The molecule has 0 unspecified atom stereocenters. The number of anilines is 1. The third-order valence-corrected chi connectivity index (χ3v) is 5.28. The van der Waals surface area contributed by atoms with Gasteiger partial charge in [0.1, 0.15) is 5.82 Å². The number of carbonyl (C=O) groups excluding carboxylic acids is 3. The van der Waals surface area contributed by atoms with E-state index in [9.17, 15) is 19.2 Å². The van der Waals surface area contributed by atoms with Gasteiger partial charge in [-0.05, 0) is 29.7 Å². The van der Waals surface area contributed by atoms with Crippen LogP contribution in [0.5, 0.6) is 0 Å². The molecule has 0 spiro atoms. The number of imide groups is 1. The molecule has 0 radical (unpaired) electrons. The molecule has 0 saturated carbocycles. The summed E-state index contributed by atoms with van der Waals surface area (Å²) >= 11 is 1.32. The van der Waals surface area contributed by atoms with Gasteiger partial charge in [0.05, 0.1) is 21.7 Å². The summed E-state index contributed by atoms with van der Waals surface area (Å²) in [6.07, 6.45) is 0. The molecule has 1 aliphatic heterocycles. The molecule has 1 aliphatic rings. The summed E-state index contributed by atoms with van der Waals surface area (Å²) in [6.45, 7) is 0. The van der Waals surface area contributed by atoms with Crippen LogP contribution in [0.25, 0.3) is 15.8 Å². The number of benzene rings is 1. The van der Waals surface area contributed by atoms with E-state index in [1.807, 2.05) is 0 Å². The van der Waals surface area contributed by atoms with E-state index in [2.05, 4.69) is 10.6 Å². The fourth-order valence-corrected chi connectivity index (χ4v) is 3.94. The van der Waals surface area contributed by atoms with Crippen molar-refractivity contribution in [3.63, 3.8) is 0 Å². The molecule has 3 heterocycles. The first-order valence-corrected chi connectivity index (χ1v) is 8.39. The van der Waals surface area contributed by atoms with E-state index in [-0.39, 0.29) is 22.9 Å². The van der Waals surface area contributed by atoms with E-state index in [0.29, 0.717) is 10.6 Å². The van der Waals surface area contributed by atoms with Crippen molar-refractivity contribution in [1.82, 2.24) is 15.2 Å². The van der Waals surface area contributed by atoms with Crippen LogP contribution in [-0.4, -0.2) is 29.3 Å². The maximum Gasteiger partial charge on any atom is 0.262 e. The summed E-state index contributed by atoms with van der Waals surface area (Å²) in [7, 11) is 1.55. The van der Waals surface area contributed by atoms with E-state index in [0.717, 1.165) is 16.2 Å². The Balaban J connectivity index is 1.92. The van der Waals surface area contributed by atoms with Crippen molar-refractivity contribution in [3.05, 3.63) is 56.7 Å². The highest BCUT2D eigenvalue weighted by Gasteiger charge is 2.31. The van der Waals surface area contributed by atoms with Crippen molar-refractivity contribution in [2.75, 3.05) is 12.8 Å². The number of hydrogen-bond acceptors (Lipinski definition) is 6. The summed E-state index contributed by atoms with van der Waals surface area (Å²) in [6, 6.07) is 7.96. The number of fused-ring (bicyclic) bond motifs is 2. The molecule has 8 nitrogen and oxygen atoms in total. The molecule has 9 heteroatoms. The molecular weight excluding hydrogens is 356 g/mol. The van der Waals surface area contributed by atoms with Gasteiger partial charge in [-0.3, -0.25) is 29.1 Å². The number of nitrogens with one attached hydrogen (secondary N) is 2. The summed E-state index contributed by atoms with van der Waals surface area (Å²) in [5.74, 6) is -1.56. The van der Waals surface area contributed by atoms with Crippen molar-refractivity contribution in [2.45, 2.75) is 0 Å². The predicted octanol–water partition coefficient (Wildman–Crippen LogP) is 0.878. The molecule has 3 aromatic rings. The fraction of sp³-hybridized carbons (Fsp3) is 0.0588. The number of nitrogens with two attached hydrogens (primary N) is 1. The lowest BCUT2D eigenvalue weighted by atomic mass is 10.1. The van der Waals surface area contributed by atoms with Gasteiger partial charge in [-0.2, -0.15) is 0 Å². The van der Waals surface area contributed by atoms with E-state index >= 15 is 0 Å². The van der Waals surface area contributed by atoms with Crippen LogP contribution >= 0.6 is 11.3 Å². The van der Waals surface area contributed by atoms with E-state index < -0.39 is 17.4 Å². The molecule has 0 aliphatic carbocycles. The molecule has 26 heavy (non-hydrogen) atoms. The molecule has 1 aromatic carbocycles. The van der Waals surface area contributed by atoms with Gasteiger partial charge in [0.15, 0.2) is 0 Å². The monoisotopic (exact) mass is 368 g/mol. The first-order chi connectivity index (χ1) is 12.4. The SMILES string of the molecule is CNC(=O)c1cc2cc(-n3c(N)c4c(cc3=O)C(=O)NC4=O)ccc2s1. The van der Waals surface area contributed by atoms with E-state index in [4.69, 9.17) is 5.73 Å². The second kappa shape index (κ2) is 5.53. The number of hydrogen-bond donors (Lipinski definition) is 3. The summed E-state index contributed by atoms with van der Waals surface area (Å²) < 4.78 is 2.04. The third kappa shape index (κ3) is 2.21. The van der Waals surface area contributed by atoms with Crippen LogP contribution in [0.3, 0.4) is 0 Å². The van der Waals surface area contributed by atoms with Crippen LogP contribution < -0.4 is 21.9 Å². The van der Waals surface area contributed by atoms with Crippen LogP contribution in [0.4, 0.5) is 5.82 Å². The number of thiophene rings is 1. The normalized spacial score (nSPS) is 13.0. The standard InChI is InChI=1S/C17H12N4O4S/c1-19-16(24)11-5-7-4-8(2-3-10(7)26-11)21-12(22)6-9-13(14(21)18)17(25)20-15(9)23/h2-6H,18H2,1H3,(H,19,24)(H,20,23,25). The molecule has 3 amide bonds. The average molecular weight is 368 g/mol. The van der Waals surface area contributed by atoms with Gasteiger partial charge < -0.3 is 11.1 Å². The first-order valence-electron chi connectivity index (χ1n) is 7.58. The predicted molar refractivity (Wildman–Crippen MR) is 97.0 cm³/mol. The minimum absolute atomic E-state index is 0.00827. The van der Waals surface area contributed by atoms with Gasteiger partial charge in [-0.15, -0.1) is 11.3 Å². The highest BCUT2D eigenvalue weighted by atomic mass is 32.1. The largest absolute Gasteiger partial charge is 0.384 e. The zero-order chi connectivity index (χ0) is 18.6. The number of rotatable bonds is 2. The quantitative estimate of drug-likeness (QED) is 0.579. The molecule has 0 bridgehead atoms. The van der Waals surface area contributed by atoms with Gasteiger partial charge >= 0.3 is 0 Å². The van der Waals surface area contributed by atoms with Gasteiger partial charge in [0.2, 0.25) is 0 Å². The van der Waals surface area contributed by atoms with Crippen LogP contribution in [0, 0.1) is 0 Å². The summed E-state index contributed by atoms with van der Waals surface area (Å²) in [5.41, 5.74) is 5.92. The topological polar surface area (TPSA) is 123 Å². The molecule has 2 aromatic heterocycles. The van der Waals surface area contributed by atoms with Crippen molar-refractivity contribution in [2.24, 2.45) is 0 Å². The van der Waals surface area contributed by atoms with Gasteiger partial charge in [0.25, 0.3) is 23.3 Å². The Kier molecular flexibility index (Phi) is 3.41. The average Bonchev–Trinajstić information content (AvgIpc) is 3.15. The fourth-order valence-electron chi connectivity index (χ4n) is 2.95. The Bertz CT molecular complexity index is 1190. The molecule has 0 atom stereocenters. The highest BCUT2D eigenvalue weighted by molar-refractivity contribution is 7.20. The maximum atomic E-state index is 12.5. The number of nitrogen functional groups attached to an aromatic ring is 1. The van der Waals surface area contributed by atoms with Crippen molar-refractivity contribution >= 4 is 45.0 Å². The zero-order valence-electron chi connectivity index (χ0n) is 13.5. The Labute approximate surface area is 150 Å².